The van der Waals surface area contributed by atoms with E-state index in [1.54, 1.807) is 22.9 Å². The topological polar surface area (TPSA) is 84.3 Å². The summed E-state index contributed by atoms with van der Waals surface area (Å²) < 4.78 is 21.0. The second kappa shape index (κ2) is 5.96. The molecule has 7 nitrogen and oxygen atoms in total. The number of nitrogens with zero attached hydrogens (tertiary/aromatic N) is 3. The van der Waals surface area contributed by atoms with Crippen molar-refractivity contribution in [2.24, 2.45) is 0 Å². The number of imidazole rings is 1. The van der Waals surface area contributed by atoms with Gasteiger partial charge in [0.05, 0.1) is 30.1 Å². The van der Waals surface area contributed by atoms with Gasteiger partial charge in [0.25, 0.3) is 5.91 Å². The Hall–Kier alpha value is -2.74. The van der Waals surface area contributed by atoms with Crippen LogP contribution in [0.3, 0.4) is 0 Å². The molecule has 0 bridgehead atoms. The van der Waals surface area contributed by atoms with Crippen molar-refractivity contribution >= 4 is 11.6 Å². The zero-order valence-electron chi connectivity index (χ0n) is 13.9. The monoisotopic (exact) mass is 343 g/mol. The van der Waals surface area contributed by atoms with Crippen LogP contribution in [0, 0.1) is 5.82 Å². The lowest BCUT2D eigenvalue weighted by molar-refractivity contribution is -0.00697. The fourth-order valence-electron chi connectivity index (χ4n) is 3.23. The number of aromatic amines is 1. The van der Waals surface area contributed by atoms with E-state index >= 15 is 0 Å². The Labute approximate surface area is 143 Å². The zero-order valence-corrected chi connectivity index (χ0v) is 13.9. The molecule has 0 fully saturated rings. The maximum Gasteiger partial charge on any atom is 0.272 e. The molecule has 1 aliphatic rings. The quantitative estimate of drug-likeness (QED) is 0.763. The first-order valence-electron chi connectivity index (χ1n) is 8.16. The van der Waals surface area contributed by atoms with Crippen molar-refractivity contribution in [1.29, 1.82) is 0 Å². The number of hydrogen-bond donors (Lipinski definition) is 2. The van der Waals surface area contributed by atoms with Crippen LogP contribution in [0.15, 0.2) is 24.5 Å². The number of carbonyl (C=O) groups is 1. The van der Waals surface area contributed by atoms with E-state index in [1.807, 2.05) is 13.8 Å². The number of fused-ring (bicyclic) bond motifs is 2. The predicted molar refractivity (Wildman–Crippen MR) is 87.6 cm³/mol. The number of amides is 1. The van der Waals surface area contributed by atoms with Crippen LogP contribution < -0.4 is 5.32 Å². The number of ether oxygens (including phenoxy) is 1. The first kappa shape index (κ1) is 15.8. The first-order chi connectivity index (χ1) is 12.0. The fourth-order valence-corrected chi connectivity index (χ4v) is 3.23. The van der Waals surface area contributed by atoms with Gasteiger partial charge in [-0.25, -0.2) is 9.37 Å². The van der Waals surface area contributed by atoms with E-state index in [0.29, 0.717) is 17.8 Å². The maximum atomic E-state index is 13.7. The first-order valence-corrected chi connectivity index (χ1v) is 8.16. The molecular weight excluding hydrogens is 325 g/mol. The molecule has 3 aromatic heterocycles. The Morgan fingerprint density at radius 3 is 3.16 bits per heavy atom. The van der Waals surface area contributed by atoms with E-state index in [-0.39, 0.29) is 30.3 Å². The Morgan fingerprint density at radius 2 is 2.36 bits per heavy atom. The molecular formula is C17H18FN5O2. The molecule has 1 aliphatic heterocycles. The highest BCUT2D eigenvalue weighted by Crippen LogP contribution is 2.30. The number of halogens is 1. The molecule has 0 aromatic carbocycles. The summed E-state index contributed by atoms with van der Waals surface area (Å²) in [5, 5.41) is 9.85. The van der Waals surface area contributed by atoms with Gasteiger partial charge in [0.15, 0.2) is 17.2 Å². The minimum atomic E-state index is -0.399. The molecule has 4 heterocycles. The number of nitrogens with one attached hydrogen (secondary N) is 2. The Morgan fingerprint density at radius 1 is 1.52 bits per heavy atom. The molecule has 4 rings (SSSR count). The lowest BCUT2D eigenvalue weighted by Crippen LogP contribution is -2.27. The van der Waals surface area contributed by atoms with Gasteiger partial charge < -0.3 is 14.5 Å². The SMILES string of the molecule is C[C@@H]1Cc2c(C(=O)NCc3cn4cccc(F)c4n3)n[nH]c2[C@H](C)O1. The molecule has 8 heteroatoms. The zero-order chi connectivity index (χ0) is 17.6. The summed E-state index contributed by atoms with van der Waals surface area (Å²) >= 11 is 0. The summed E-state index contributed by atoms with van der Waals surface area (Å²) in [5.41, 5.74) is 2.94. The van der Waals surface area contributed by atoms with Crippen molar-refractivity contribution in [1.82, 2.24) is 24.9 Å². The van der Waals surface area contributed by atoms with Crippen molar-refractivity contribution in [3.05, 3.63) is 53.0 Å². The molecule has 0 radical (unpaired) electrons. The Kier molecular flexibility index (Phi) is 3.76. The van der Waals surface area contributed by atoms with E-state index in [4.69, 9.17) is 4.74 Å². The lowest BCUT2D eigenvalue weighted by Gasteiger charge is -2.25. The third-order valence-corrected chi connectivity index (χ3v) is 4.36. The van der Waals surface area contributed by atoms with Crippen LogP contribution in [0.2, 0.25) is 0 Å². The van der Waals surface area contributed by atoms with Crippen LogP contribution in [-0.4, -0.2) is 31.6 Å². The van der Waals surface area contributed by atoms with Gasteiger partial charge in [-0.3, -0.25) is 9.89 Å². The normalized spacial score (nSPS) is 19.8. The van der Waals surface area contributed by atoms with Crippen molar-refractivity contribution in [2.45, 2.75) is 39.0 Å². The third-order valence-electron chi connectivity index (χ3n) is 4.36. The number of H-pyrrole nitrogens is 1. The molecule has 0 aliphatic carbocycles. The van der Waals surface area contributed by atoms with Crippen LogP contribution in [0.25, 0.3) is 5.65 Å². The van der Waals surface area contributed by atoms with E-state index in [0.717, 1.165) is 11.3 Å². The van der Waals surface area contributed by atoms with Gasteiger partial charge >= 0.3 is 0 Å². The van der Waals surface area contributed by atoms with Crippen LogP contribution >= 0.6 is 0 Å². The van der Waals surface area contributed by atoms with Crippen molar-refractivity contribution in [2.75, 3.05) is 0 Å². The average Bonchev–Trinajstić information content (AvgIpc) is 3.17. The predicted octanol–water partition coefficient (Wildman–Crippen LogP) is 2.15. The molecule has 0 saturated carbocycles. The van der Waals surface area contributed by atoms with Gasteiger partial charge in [-0.2, -0.15) is 5.10 Å². The summed E-state index contributed by atoms with van der Waals surface area (Å²) in [6.07, 6.45) is 3.96. The van der Waals surface area contributed by atoms with Gasteiger partial charge in [-0.15, -0.1) is 0 Å². The molecule has 3 aromatic rings. The van der Waals surface area contributed by atoms with Crippen molar-refractivity contribution in [3.8, 4) is 0 Å². The molecule has 1 amide bonds. The molecule has 130 valence electrons. The van der Waals surface area contributed by atoms with Crippen molar-refractivity contribution in [3.63, 3.8) is 0 Å². The van der Waals surface area contributed by atoms with Gasteiger partial charge in [-0.05, 0) is 26.0 Å². The Balaban J connectivity index is 1.52. The minimum Gasteiger partial charge on any atom is -0.369 e. The number of aromatic nitrogens is 4. The number of carbonyl (C=O) groups excluding carboxylic acids is 1. The molecule has 0 unspecified atom stereocenters. The molecule has 25 heavy (non-hydrogen) atoms. The van der Waals surface area contributed by atoms with Gasteiger partial charge in [0.1, 0.15) is 0 Å². The minimum absolute atomic E-state index is 0.0352. The van der Waals surface area contributed by atoms with E-state index in [2.05, 4.69) is 20.5 Å². The summed E-state index contributed by atoms with van der Waals surface area (Å²) in [7, 11) is 0. The molecule has 2 atom stereocenters. The standard InChI is InChI=1S/C17H18FN5O2/c1-9-6-12-14(10(2)25-9)21-22-15(12)17(24)19-7-11-8-23-5-3-4-13(18)16(23)20-11/h3-5,8-10H,6-7H2,1-2H3,(H,19,24)(H,21,22)/t9-,10+/m1/s1. The Bertz CT molecular complexity index is 948. The highest BCUT2D eigenvalue weighted by Gasteiger charge is 2.29. The van der Waals surface area contributed by atoms with E-state index in [9.17, 15) is 9.18 Å². The number of rotatable bonds is 3. The van der Waals surface area contributed by atoms with Crippen LogP contribution in [0.4, 0.5) is 4.39 Å². The largest absolute Gasteiger partial charge is 0.369 e. The van der Waals surface area contributed by atoms with Gasteiger partial charge in [0, 0.05) is 24.4 Å². The molecule has 0 spiro atoms. The summed E-state index contributed by atoms with van der Waals surface area (Å²) in [4.78, 5) is 16.7. The van der Waals surface area contributed by atoms with Crippen LogP contribution in [0.1, 0.15) is 47.4 Å². The number of pyridine rings is 1. The second-order valence-corrected chi connectivity index (χ2v) is 6.26. The maximum absolute atomic E-state index is 13.7. The van der Waals surface area contributed by atoms with Crippen LogP contribution in [0.5, 0.6) is 0 Å². The molecule has 0 saturated heterocycles. The second-order valence-electron chi connectivity index (χ2n) is 6.26. The van der Waals surface area contributed by atoms with E-state index < -0.39 is 5.82 Å². The number of hydrogen-bond acceptors (Lipinski definition) is 4. The van der Waals surface area contributed by atoms with Crippen LogP contribution in [-0.2, 0) is 17.7 Å². The fraction of sp³-hybridized carbons (Fsp3) is 0.353. The smallest absolute Gasteiger partial charge is 0.272 e. The third kappa shape index (κ3) is 2.78. The summed E-state index contributed by atoms with van der Waals surface area (Å²) in [5.74, 6) is -0.680. The summed E-state index contributed by atoms with van der Waals surface area (Å²) in [6.45, 7) is 4.10. The van der Waals surface area contributed by atoms with E-state index in [1.165, 1.54) is 6.07 Å². The molecule has 2 N–H and O–H groups in total. The highest BCUT2D eigenvalue weighted by molar-refractivity contribution is 5.94. The van der Waals surface area contributed by atoms with Gasteiger partial charge in [-0.1, -0.05) is 0 Å². The average molecular weight is 343 g/mol. The van der Waals surface area contributed by atoms with Gasteiger partial charge in [0.2, 0.25) is 0 Å². The highest BCUT2D eigenvalue weighted by atomic mass is 19.1. The van der Waals surface area contributed by atoms with Crippen molar-refractivity contribution < 1.29 is 13.9 Å². The lowest BCUT2D eigenvalue weighted by atomic mass is 9.99. The summed E-state index contributed by atoms with van der Waals surface area (Å²) in [6, 6.07) is 2.96.